The van der Waals surface area contributed by atoms with Crippen molar-refractivity contribution < 1.29 is 9.90 Å². The fraction of sp³-hybridized carbons (Fsp3) is 0.333. The molecular weight excluding hydrogens is 304 g/mol. The number of carbonyl (C=O) groups is 1. The molecule has 1 aliphatic heterocycles. The Morgan fingerprint density at radius 2 is 2.21 bits per heavy atom. The lowest BCUT2D eigenvalue weighted by Crippen LogP contribution is -2.39. The maximum absolute atomic E-state index is 12.2. The van der Waals surface area contributed by atoms with Gasteiger partial charge in [0.1, 0.15) is 11.8 Å². The Balaban J connectivity index is 1.58. The Morgan fingerprint density at radius 1 is 1.42 bits per heavy atom. The third kappa shape index (κ3) is 3.82. The smallest absolute Gasteiger partial charge is 0.252 e. The summed E-state index contributed by atoms with van der Waals surface area (Å²) >= 11 is 0. The number of likely N-dealkylation sites (tertiary alicyclic amines) is 1. The molecule has 1 aromatic heterocycles. The van der Waals surface area contributed by atoms with Crippen molar-refractivity contribution in [3.8, 4) is 6.07 Å². The first kappa shape index (κ1) is 16.2. The molecule has 24 heavy (non-hydrogen) atoms. The number of rotatable bonds is 5. The van der Waals surface area contributed by atoms with Gasteiger partial charge in [-0.15, -0.1) is 0 Å². The van der Waals surface area contributed by atoms with Gasteiger partial charge in [-0.1, -0.05) is 30.3 Å². The highest BCUT2D eigenvalue weighted by atomic mass is 16.3. The molecular formula is C18H20N4O2. The van der Waals surface area contributed by atoms with Crippen LogP contribution in [0.4, 0.5) is 0 Å². The number of nitrogens with zero attached hydrogens (tertiary/aromatic N) is 2. The number of aromatic amines is 1. The van der Waals surface area contributed by atoms with Crippen molar-refractivity contribution >= 4 is 5.91 Å². The van der Waals surface area contributed by atoms with Gasteiger partial charge < -0.3 is 15.4 Å². The Labute approximate surface area is 140 Å². The molecule has 2 heterocycles. The Kier molecular flexibility index (Phi) is 4.94. The van der Waals surface area contributed by atoms with Gasteiger partial charge in [-0.05, 0) is 18.1 Å². The minimum Gasteiger partial charge on any atom is -0.392 e. The molecule has 1 saturated heterocycles. The molecule has 6 heteroatoms. The van der Waals surface area contributed by atoms with Gasteiger partial charge in [0, 0.05) is 31.9 Å². The Hall–Kier alpha value is -2.62. The second kappa shape index (κ2) is 7.30. The lowest BCUT2D eigenvalue weighted by Gasteiger charge is -2.24. The van der Waals surface area contributed by atoms with Crippen molar-refractivity contribution in [2.45, 2.75) is 25.1 Å². The number of benzene rings is 1. The van der Waals surface area contributed by atoms with Gasteiger partial charge in [-0.2, -0.15) is 5.26 Å². The van der Waals surface area contributed by atoms with Gasteiger partial charge >= 0.3 is 0 Å². The van der Waals surface area contributed by atoms with Crippen LogP contribution in [0.15, 0.2) is 42.6 Å². The second-order valence-corrected chi connectivity index (χ2v) is 6.08. The number of nitriles is 1. The van der Waals surface area contributed by atoms with Crippen molar-refractivity contribution in [1.29, 1.82) is 5.26 Å². The summed E-state index contributed by atoms with van der Waals surface area (Å²) in [5, 5.41) is 21.7. The molecule has 0 saturated carbocycles. The summed E-state index contributed by atoms with van der Waals surface area (Å²) in [6.45, 7) is 1.83. The van der Waals surface area contributed by atoms with E-state index in [1.807, 2.05) is 24.3 Å². The number of aliphatic hydroxyl groups is 1. The van der Waals surface area contributed by atoms with E-state index in [1.54, 1.807) is 0 Å². The number of H-pyrrole nitrogens is 1. The molecule has 1 amide bonds. The minimum atomic E-state index is -0.368. The van der Waals surface area contributed by atoms with Crippen LogP contribution in [0.3, 0.4) is 0 Å². The average molecular weight is 324 g/mol. The normalized spacial score (nSPS) is 20.7. The minimum absolute atomic E-state index is 0.0959. The third-order valence-electron chi connectivity index (χ3n) is 4.30. The average Bonchev–Trinajstić information content (AvgIpc) is 3.20. The first-order valence-electron chi connectivity index (χ1n) is 7.98. The maximum atomic E-state index is 12.2. The fourth-order valence-corrected chi connectivity index (χ4v) is 3.08. The maximum Gasteiger partial charge on any atom is 0.252 e. The summed E-state index contributed by atoms with van der Waals surface area (Å²) < 4.78 is 0. The molecule has 2 atom stereocenters. The molecule has 6 nitrogen and oxygen atoms in total. The zero-order valence-electron chi connectivity index (χ0n) is 13.3. The predicted molar refractivity (Wildman–Crippen MR) is 89.1 cm³/mol. The molecule has 0 radical (unpaired) electrons. The summed E-state index contributed by atoms with van der Waals surface area (Å²) in [4.78, 5) is 17.1. The van der Waals surface area contributed by atoms with E-state index in [0.29, 0.717) is 30.8 Å². The first-order valence-corrected chi connectivity index (χ1v) is 7.98. The molecule has 2 aromatic rings. The summed E-state index contributed by atoms with van der Waals surface area (Å²) in [5.41, 5.74) is 1.99. The van der Waals surface area contributed by atoms with Crippen molar-refractivity contribution in [3.05, 3.63) is 59.4 Å². The number of aromatic nitrogens is 1. The van der Waals surface area contributed by atoms with Crippen molar-refractivity contribution in [1.82, 2.24) is 15.2 Å². The topological polar surface area (TPSA) is 92.2 Å². The number of hydrogen-bond acceptors (Lipinski definition) is 4. The van der Waals surface area contributed by atoms with Gasteiger partial charge in [0.15, 0.2) is 0 Å². The van der Waals surface area contributed by atoms with Crippen molar-refractivity contribution in [2.24, 2.45) is 0 Å². The molecule has 0 bridgehead atoms. The van der Waals surface area contributed by atoms with Crippen molar-refractivity contribution in [3.63, 3.8) is 0 Å². The van der Waals surface area contributed by atoms with Crippen LogP contribution in [0.5, 0.6) is 0 Å². The van der Waals surface area contributed by atoms with Crippen LogP contribution in [0.25, 0.3) is 0 Å². The van der Waals surface area contributed by atoms with Crippen LogP contribution in [0, 0.1) is 11.3 Å². The van der Waals surface area contributed by atoms with Crippen LogP contribution in [-0.4, -0.2) is 46.1 Å². The van der Waals surface area contributed by atoms with E-state index in [-0.39, 0.29) is 18.1 Å². The lowest BCUT2D eigenvalue weighted by molar-refractivity contribution is 0.0940. The van der Waals surface area contributed by atoms with E-state index >= 15 is 0 Å². The molecule has 1 aromatic carbocycles. The van der Waals surface area contributed by atoms with E-state index < -0.39 is 0 Å². The fourth-order valence-electron chi connectivity index (χ4n) is 3.08. The number of carbonyl (C=O) groups excluding carboxylic acids is 1. The van der Waals surface area contributed by atoms with E-state index in [9.17, 15) is 9.90 Å². The van der Waals surface area contributed by atoms with Gasteiger partial charge in [-0.3, -0.25) is 9.69 Å². The first-order chi connectivity index (χ1) is 11.7. The van der Waals surface area contributed by atoms with Crippen LogP contribution in [0.1, 0.15) is 28.0 Å². The van der Waals surface area contributed by atoms with E-state index in [0.717, 1.165) is 6.54 Å². The highest BCUT2D eigenvalue weighted by Crippen LogP contribution is 2.20. The SMILES string of the molecule is N#Cc1cc(C(=O)NCC2CC(O)CN2Cc2ccccc2)c[nH]1. The predicted octanol–water partition coefficient (Wildman–Crippen LogP) is 1.25. The molecule has 124 valence electrons. The molecule has 3 rings (SSSR count). The monoisotopic (exact) mass is 324 g/mol. The number of hydrogen-bond donors (Lipinski definition) is 3. The zero-order valence-corrected chi connectivity index (χ0v) is 13.3. The number of nitrogens with one attached hydrogen (secondary N) is 2. The standard InChI is InChI=1S/C18H20N4O2/c19-8-15-6-14(9-20-15)18(24)21-10-16-7-17(23)12-22(16)11-13-4-2-1-3-5-13/h1-6,9,16-17,20,23H,7,10-12H2,(H,21,24). The Morgan fingerprint density at radius 3 is 2.92 bits per heavy atom. The number of amides is 1. The Bertz CT molecular complexity index is 735. The molecule has 0 aliphatic carbocycles. The van der Waals surface area contributed by atoms with E-state index in [2.05, 4.69) is 27.3 Å². The van der Waals surface area contributed by atoms with Crippen LogP contribution >= 0.6 is 0 Å². The van der Waals surface area contributed by atoms with Gasteiger partial charge in [-0.25, -0.2) is 0 Å². The second-order valence-electron chi connectivity index (χ2n) is 6.08. The van der Waals surface area contributed by atoms with Crippen LogP contribution in [-0.2, 0) is 6.54 Å². The molecule has 1 fully saturated rings. The van der Waals surface area contributed by atoms with Gasteiger partial charge in [0.25, 0.3) is 5.91 Å². The highest BCUT2D eigenvalue weighted by Gasteiger charge is 2.31. The molecule has 3 N–H and O–H groups in total. The van der Waals surface area contributed by atoms with Crippen molar-refractivity contribution in [2.75, 3.05) is 13.1 Å². The van der Waals surface area contributed by atoms with E-state index in [4.69, 9.17) is 5.26 Å². The molecule has 0 spiro atoms. The van der Waals surface area contributed by atoms with E-state index in [1.165, 1.54) is 17.8 Å². The zero-order chi connectivity index (χ0) is 16.9. The number of β-amino-alcohol motifs (C(OH)–C–C–N with tert-alkyl or cyclic N) is 1. The largest absolute Gasteiger partial charge is 0.392 e. The van der Waals surface area contributed by atoms with Gasteiger partial charge in [0.2, 0.25) is 0 Å². The number of aliphatic hydroxyl groups excluding tert-OH is 1. The van der Waals surface area contributed by atoms with Crippen LogP contribution < -0.4 is 5.32 Å². The summed E-state index contributed by atoms with van der Waals surface area (Å²) in [7, 11) is 0. The quantitative estimate of drug-likeness (QED) is 0.772. The summed E-state index contributed by atoms with van der Waals surface area (Å²) in [6.07, 6.45) is 1.80. The highest BCUT2D eigenvalue weighted by molar-refractivity contribution is 5.94. The summed E-state index contributed by atoms with van der Waals surface area (Å²) in [5.74, 6) is -0.214. The third-order valence-corrected chi connectivity index (χ3v) is 4.30. The van der Waals surface area contributed by atoms with Gasteiger partial charge in [0.05, 0.1) is 11.7 Å². The molecule has 2 unspecified atom stereocenters. The molecule has 1 aliphatic rings. The van der Waals surface area contributed by atoms with Crippen LogP contribution in [0.2, 0.25) is 0 Å². The lowest BCUT2D eigenvalue weighted by atomic mass is 10.1. The summed E-state index contributed by atoms with van der Waals surface area (Å²) in [6, 6.07) is 13.7.